The molecule has 1 amide bonds. The van der Waals surface area contributed by atoms with Gasteiger partial charge in [-0.05, 0) is 75.8 Å². The van der Waals surface area contributed by atoms with Gasteiger partial charge >= 0.3 is 0 Å². The van der Waals surface area contributed by atoms with Crippen molar-refractivity contribution in [1.82, 2.24) is 5.01 Å². The van der Waals surface area contributed by atoms with Crippen LogP contribution in [0.1, 0.15) is 46.0 Å². The summed E-state index contributed by atoms with van der Waals surface area (Å²) in [5.74, 6) is 2.48. The molecule has 6 rings (SSSR count). The summed E-state index contributed by atoms with van der Waals surface area (Å²) in [4.78, 5) is 13.1. The number of nitrogens with zero attached hydrogens (tertiary/aromatic N) is 2. The molecule has 0 unspecified atom stereocenters. The fraction of sp³-hybridized carbons (Fsp3) is 0.667. The van der Waals surface area contributed by atoms with Crippen LogP contribution in [0.25, 0.3) is 0 Å². The SMILES string of the molecule is COc1cccc(N2N(C3[C@H]4CC5C[C@H]3CC(O)(C5)C4)C(=O)C2(C)C)c1. The Morgan fingerprint density at radius 3 is 2.46 bits per heavy atom. The second-order valence-corrected chi connectivity index (χ2v) is 9.41. The van der Waals surface area contributed by atoms with E-state index in [0.717, 1.165) is 43.5 Å². The van der Waals surface area contributed by atoms with Crippen LogP contribution in [0, 0.1) is 17.8 Å². The van der Waals surface area contributed by atoms with Gasteiger partial charge in [0.25, 0.3) is 5.91 Å². The highest BCUT2D eigenvalue weighted by atomic mass is 16.5. The Morgan fingerprint density at radius 2 is 1.85 bits per heavy atom. The third-order valence-electron chi connectivity index (χ3n) is 7.25. The van der Waals surface area contributed by atoms with Crippen molar-refractivity contribution in [3.05, 3.63) is 24.3 Å². The zero-order chi connectivity index (χ0) is 18.3. The van der Waals surface area contributed by atoms with Crippen LogP contribution in [0.15, 0.2) is 24.3 Å². The Labute approximate surface area is 154 Å². The number of benzene rings is 1. The Balaban J connectivity index is 1.51. The van der Waals surface area contributed by atoms with Gasteiger partial charge in [0, 0.05) is 6.07 Å². The summed E-state index contributed by atoms with van der Waals surface area (Å²) in [5.41, 5.74) is -0.0173. The van der Waals surface area contributed by atoms with Crippen LogP contribution in [0.5, 0.6) is 5.75 Å². The molecular weight excluding hydrogens is 328 g/mol. The molecule has 5 heteroatoms. The monoisotopic (exact) mass is 356 g/mol. The lowest BCUT2D eigenvalue weighted by molar-refractivity contribution is -0.190. The van der Waals surface area contributed by atoms with Crippen molar-refractivity contribution in [2.75, 3.05) is 12.1 Å². The summed E-state index contributed by atoms with van der Waals surface area (Å²) in [6.07, 6.45) is 4.96. The van der Waals surface area contributed by atoms with Gasteiger partial charge in [0.1, 0.15) is 11.3 Å². The molecule has 1 N–H and O–H groups in total. The maximum absolute atomic E-state index is 13.1. The number of aliphatic hydroxyl groups is 1. The molecular formula is C21H28N2O3. The number of hydrazine groups is 1. The maximum atomic E-state index is 13.1. The summed E-state index contributed by atoms with van der Waals surface area (Å²) >= 11 is 0. The minimum Gasteiger partial charge on any atom is -0.497 e. The van der Waals surface area contributed by atoms with Crippen LogP contribution in [0.2, 0.25) is 0 Å². The quantitative estimate of drug-likeness (QED) is 0.905. The number of rotatable bonds is 3. The molecule has 1 saturated heterocycles. The van der Waals surface area contributed by atoms with Crippen molar-refractivity contribution in [1.29, 1.82) is 0 Å². The van der Waals surface area contributed by atoms with Gasteiger partial charge in [-0.1, -0.05) is 6.07 Å². The maximum Gasteiger partial charge on any atom is 0.268 e. The van der Waals surface area contributed by atoms with Gasteiger partial charge in [-0.2, -0.15) is 0 Å². The molecule has 5 fully saturated rings. The molecule has 140 valence electrons. The number of carbonyl (C=O) groups is 1. The largest absolute Gasteiger partial charge is 0.497 e. The van der Waals surface area contributed by atoms with Gasteiger partial charge in [0.15, 0.2) is 0 Å². The molecule has 4 aliphatic carbocycles. The first-order valence-electron chi connectivity index (χ1n) is 9.83. The van der Waals surface area contributed by atoms with Crippen LogP contribution in [0.3, 0.4) is 0 Å². The van der Waals surface area contributed by atoms with Gasteiger partial charge in [0.05, 0.1) is 24.4 Å². The molecule has 1 aromatic rings. The molecule has 0 aromatic heterocycles. The molecule has 4 bridgehead atoms. The van der Waals surface area contributed by atoms with Gasteiger partial charge in [0.2, 0.25) is 0 Å². The zero-order valence-electron chi connectivity index (χ0n) is 15.8. The lowest BCUT2D eigenvalue weighted by Crippen LogP contribution is -2.80. The highest BCUT2D eigenvalue weighted by Gasteiger charge is 2.63. The van der Waals surface area contributed by atoms with E-state index in [1.165, 1.54) is 0 Å². The summed E-state index contributed by atoms with van der Waals surface area (Å²) < 4.78 is 5.39. The standard InChI is InChI=1S/C21H28N2O3/c1-20(2)19(24)22(23(20)16-5-4-6-17(9-16)26-3)18-14-7-13-8-15(18)12-21(25,10-13)11-14/h4-6,9,13-15,18,25H,7-8,10-12H2,1-3H3/t13?,14-,15-,18?,21?/m0/s1. The zero-order valence-corrected chi connectivity index (χ0v) is 15.8. The number of carbonyl (C=O) groups excluding carboxylic acids is 1. The Hall–Kier alpha value is -1.75. The first-order chi connectivity index (χ1) is 12.3. The van der Waals surface area contributed by atoms with E-state index < -0.39 is 11.1 Å². The topological polar surface area (TPSA) is 53.0 Å². The Kier molecular flexibility index (Phi) is 3.26. The molecule has 1 heterocycles. The highest BCUT2D eigenvalue weighted by Crippen LogP contribution is 2.58. The molecule has 1 aromatic carbocycles. The van der Waals surface area contributed by atoms with Crippen molar-refractivity contribution in [3.63, 3.8) is 0 Å². The molecule has 1 aliphatic heterocycles. The van der Waals surface area contributed by atoms with E-state index in [1.807, 2.05) is 43.1 Å². The van der Waals surface area contributed by atoms with E-state index in [4.69, 9.17) is 4.74 Å². The fourth-order valence-corrected chi connectivity index (χ4v) is 6.50. The van der Waals surface area contributed by atoms with Crippen molar-refractivity contribution in [2.45, 2.75) is 63.1 Å². The Bertz CT molecular complexity index is 745. The number of hydrogen-bond acceptors (Lipinski definition) is 4. The highest BCUT2D eigenvalue weighted by molar-refractivity contribution is 5.98. The molecule has 26 heavy (non-hydrogen) atoms. The molecule has 0 spiro atoms. The minimum atomic E-state index is -0.544. The predicted molar refractivity (Wildman–Crippen MR) is 98.7 cm³/mol. The van der Waals surface area contributed by atoms with Crippen LogP contribution in [-0.4, -0.2) is 40.3 Å². The van der Waals surface area contributed by atoms with Crippen molar-refractivity contribution in [3.8, 4) is 5.75 Å². The normalized spacial score (nSPS) is 39.9. The van der Waals surface area contributed by atoms with E-state index in [-0.39, 0.29) is 11.9 Å². The van der Waals surface area contributed by atoms with Crippen molar-refractivity contribution in [2.24, 2.45) is 17.8 Å². The number of anilines is 1. The third kappa shape index (κ3) is 2.10. The average molecular weight is 356 g/mol. The lowest BCUT2D eigenvalue weighted by atomic mass is 9.52. The summed E-state index contributed by atoms with van der Waals surface area (Å²) in [6, 6.07) is 8.18. The predicted octanol–water partition coefficient (Wildman–Crippen LogP) is 2.98. The van der Waals surface area contributed by atoms with Gasteiger partial charge < -0.3 is 9.84 Å². The van der Waals surface area contributed by atoms with E-state index in [0.29, 0.717) is 17.8 Å². The van der Waals surface area contributed by atoms with Crippen LogP contribution in [-0.2, 0) is 4.79 Å². The van der Waals surface area contributed by atoms with E-state index in [2.05, 4.69) is 5.01 Å². The molecule has 5 aliphatic rings. The fourth-order valence-electron chi connectivity index (χ4n) is 6.50. The first-order valence-corrected chi connectivity index (χ1v) is 9.83. The summed E-state index contributed by atoms with van der Waals surface area (Å²) in [6.45, 7) is 3.99. The first kappa shape index (κ1) is 16.4. The second-order valence-electron chi connectivity index (χ2n) is 9.41. The average Bonchev–Trinajstić information content (AvgIpc) is 2.58. The van der Waals surface area contributed by atoms with Gasteiger partial charge in [-0.15, -0.1) is 0 Å². The van der Waals surface area contributed by atoms with Crippen LogP contribution in [0.4, 0.5) is 5.69 Å². The van der Waals surface area contributed by atoms with E-state index in [1.54, 1.807) is 7.11 Å². The van der Waals surface area contributed by atoms with Gasteiger partial charge in [-0.25, -0.2) is 5.01 Å². The summed E-state index contributed by atoms with van der Waals surface area (Å²) in [7, 11) is 1.67. The molecule has 0 radical (unpaired) electrons. The van der Waals surface area contributed by atoms with E-state index in [9.17, 15) is 9.90 Å². The molecule has 4 saturated carbocycles. The number of ether oxygens (including phenoxy) is 1. The molecule has 5 nitrogen and oxygen atoms in total. The van der Waals surface area contributed by atoms with E-state index >= 15 is 0 Å². The summed E-state index contributed by atoms with van der Waals surface area (Å²) in [5, 5.41) is 15.1. The minimum absolute atomic E-state index is 0.199. The lowest BCUT2D eigenvalue weighted by Gasteiger charge is -2.67. The van der Waals surface area contributed by atoms with Crippen molar-refractivity contribution < 1.29 is 14.6 Å². The number of methoxy groups -OCH3 is 1. The Morgan fingerprint density at radius 1 is 1.15 bits per heavy atom. The van der Waals surface area contributed by atoms with Crippen LogP contribution >= 0.6 is 0 Å². The smallest absolute Gasteiger partial charge is 0.268 e. The van der Waals surface area contributed by atoms with Gasteiger partial charge in [-0.3, -0.25) is 9.80 Å². The molecule has 2 atom stereocenters. The second kappa shape index (κ2) is 5.16. The van der Waals surface area contributed by atoms with Crippen molar-refractivity contribution >= 4 is 11.6 Å². The third-order valence-corrected chi connectivity index (χ3v) is 7.25. The number of hydrogen-bond donors (Lipinski definition) is 1. The van der Waals surface area contributed by atoms with Crippen LogP contribution < -0.4 is 9.75 Å². The number of amides is 1.